The third-order valence-electron chi connectivity index (χ3n) is 5.30. The molecule has 0 unspecified atom stereocenters. The van der Waals surface area contributed by atoms with Gasteiger partial charge in [-0.2, -0.15) is 0 Å². The Hall–Kier alpha value is 0. The van der Waals surface area contributed by atoms with Crippen LogP contribution in [0.4, 0.5) is 0 Å². The molecule has 0 spiro atoms. The molecular weight excluding hydrogens is 361 g/mol. The van der Waals surface area contributed by atoms with Crippen molar-refractivity contribution in [2.45, 2.75) is 52.4 Å². The van der Waals surface area contributed by atoms with Crippen molar-refractivity contribution < 1.29 is 0 Å². The summed E-state index contributed by atoms with van der Waals surface area (Å²) in [5.74, 6) is 3.09. The van der Waals surface area contributed by atoms with Crippen molar-refractivity contribution in [3.8, 4) is 0 Å². The van der Waals surface area contributed by atoms with Gasteiger partial charge in [-0.25, -0.2) is 0 Å². The zero-order chi connectivity index (χ0) is 13.3. The van der Waals surface area contributed by atoms with Crippen LogP contribution in [0.2, 0.25) is 0 Å². The summed E-state index contributed by atoms with van der Waals surface area (Å²) in [6, 6.07) is 0. The van der Waals surface area contributed by atoms with Gasteiger partial charge in [-0.05, 0) is 62.7 Å². The Kier molecular flexibility index (Phi) is 5.60. The van der Waals surface area contributed by atoms with E-state index >= 15 is 0 Å². The van der Waals surface area contributed by atoms with Gasteiger partial charge in [-0.1, -0.05) is 6.92 Å². The number of piperidine rings is 1. The molecule has 0 aromatic rings. The minimum absolute atomic E-state index is 0. The van der Waals surface area contributed by atoms with Crippen LogP contribution in [-0.2, 0) is 0 Å². The van der Waals surface area contributed by atoms with Crippen molar-refractivity contribution in [3.05, 3.63) is 0 Å². The Morgan fingerprint density at radius 2 is 1.85 bits per heavy atom. The van der Waals surface area contributed by atoms with E-state index in [4.69, 9.17) is 4.99 Å². The highest BCUT2D eigenvalue weighted by molar-refractivity contribution is 14.0. The molecule has 116 valence electrons. The normalized spacial score (nSPS) is 26.1. The standard InChI is InChI=1S/C16H29N3.HI/c1-3-17-15(19-10-6-13(2)7-11-19)18-12-16(8-9-16)14-4-5-14;/h13-14H,3-12H2,1-2H3,(H,17,18);1H. The molecule has 2 saturated carbocycles. The maximum atomic E-state index is 4.99. The summed E-state index contributed by atoms with van der Waals surface area (Å²) in [4.78, 5) is 7.47. The van der Waals surface area contributed by atoms with E-state index in [1.54, 1.807) is 0 Å². The quantitative estimate of drug-likeness (QED) is 0.451. The van der Waals surface area contributed by atoms with Crippen LogP contribution in [0, 0.1) is 17.3 Å². The molecule has 0 atom stereocenters. The fraction of sp³-hybridized carbons (Fsp3) is 0.938. The number of aliphatic imine (C=N–C) groups is 1. The lowest BCUT2D eigenvalue weighted by Crippen LogP contribution is -2.45. The fourth-order valence-electron chi connectivity index (χ4n) is 3.43. The zero-order valence-electron chi connectivity index (χ0n) is 13.0. The molecule has 0 amide bonds. The maximum Gasteiger partial charge on any atom is 0.193 e. The number of hydrogen-bond donors (Lipinski definition) is 1. The molecule has 3 nitrogen and oxygen atoms in total. The number of nitrogens with zero attached hydrogens (tertiary/aromatic N) is 2. The fourth-order valence-corrected chi connectivity index (χ4v) is 3.43. The van der Waals surface area contributed by atoms with Crippen LogP contribution >= 0.6 is 24.0 Å². The molecule has 1 saturated heterocycles. The zero-order valence-corrected chi connectivity index (χ0v) is 15.4. The van der Waals surface area contributed by atoms with E-state index in [1.165, 1.54) is 57.6 Å². The molecule has 4 heteroatoms. The number of halogens is 1. The molecular formula is C16H30IN3. The highest BCUT2D eigenvalue weighted by Crippen LogP contribution is 2.61. The third-order valence-corrected chi connectivity index (χ3v) is 5.30. The van der Waals surface area contributed by atoms with Gasteiger partial charge < -0.3 is 10.2 Å². The van der Waals surface area contributed by atoms with Crippen LogP contribution in [0.25, 0.3) is 0 Å². The molecule has 3 aliphatic rings. The van der Waals surface area contributed by atoms with Crippen molar-refractivity contribution in [1.29, 1.82) is 0 Å². The van der Waals surface area contributed by atoms with Crippen molar-refractivity contribution in [2.75, 3.05) is 26.2 Å². The Bertz CT molecular complexity index is 340. The summed E-state index contributed by atoms with van der Waals surface area (Å²) in [6.45, 7) is 8.98. The van der Waals surface area contributed by atoms with Gasteiger partial charge in [0.1, 0.15) is 0 Å². The predicted octanol–water partition coefficient (Wildman–Crippen LogP) is 3.49. The van der Waals surface area contributed by atoms with Gasteiger partial charge in [0.05, 0.1) is 0 Å². The van der Waals surface area contributed by atoms with Crippen molar-refractivity contribution in [3.63, 3.8) is 0 Å². The number of nitrogens with one attached hydrogen (secondary N) is 1. The summed E-state index contributed by atoms with van der Waals surface area (Å²) in [7, 11) is 0. The van der Waals surface area contributed by atoms with E-state index < -0.39 is 0 Å². The summed E-state index contributed by atoms with van der Waals surface area (Å²) in [5.41, 5.74) is 0.629. The van der Waals surface area contributed by atoms with Gasteiger partial charge in [0.15, 0.2) is 5.96 Å². The summed E-state index contributed by atoms with van der Waals surface area (Å²) >= 11 is 0. The molecule has 3 fully saturated rings. The van der Waals surface area contributed by atoms with Gasteiger partial charge in [0.2, 0.25) is 0 Å². The highest BCUT2D eigenvalue weighted by Gasteiger charge is 2.53. The number of likely N-dealkylation sites (tertiary alicyclic amines) is 1. The maximum absolute atomic E-state index is 4.99. The minimum Gasteiger partial charge on any atom is -0.357 e. The summed E-state index contributed by atoms with van der Waals surface area (Å²) in [6.07, 6.45) is 8.42. The van der Waals surface area contributed by atoms with E-state index in [0.29, 0.717) is 5.41 Å². The average Bonchev–Trinajstić information content (AvgIpc) is 3.28. The van der Waals surface area contributed by atoms with Gasteiger partial charge in [0.25, 0.3) is 0 Å². The average molecular weight is 391 g/mol. The first-order valence-electron chi connectivity index (χ1n) is 8.27. The molecule has 3 rings (SSSR count). The van der Waals surface area contributed by atoms with Gasteiger partial charge in [-0.3, -0.25) is 4.99 Å². The first-order chi connectivity index (χ1) is 9.23. The number of hydrogen-bond acceptors (Lipinski definition) is 1. The van der Waals surface area contributed by atoms with Crippen molar-refractivity contribution >= 4 is 29.9 Å². The molecule has 0 aromatic heterocycles. The predicted molar refractivity (Wildman–Crippen MR) is 95.8 cm³/mol. The van der Waals surface area contributed by atoms with Gasteiger partial charge in [0, 0.05) is 26.2 Å². The van der Waals surface area contributed by atoms with Crippen molar-refractivity contribution in [1.82, 2.24) is 10.2 Å². The lowest BCUT2D eigenvalue weighted by atomic mass is 9.99. The SMILES string of the molecule is CCNC(=NCC1(C2CC2)CC1)N1CCC(C)CC1.I. The van der Waals surface area contributed by atoms with E-state index in [0.717, 1.165) is 24.9 Å². The van der Waals surface area contributed by atoms with Crippen LogP contribution in [0.1, 0.15) is 52.4 Å². The molecule has 0 bridgehead atoms. The van der Waals surface area contributed by atoms with Crippen LogP contribution in [-0.4, -0.2) is 37.0 Å². The summed E-state index contributed by atoms with van der Waals surface area (Å²) < 4.78 is 0. The monoisotopic (exact) mass is 391 g/mol. The van der Waals surface area contributed by atoms with Gasteiger partial charge >= 0.3 is 0 Å². The lowest BCUT2D eigenvalue weighted by molar-refractivity contribution is 0.272. The second-order valence-electron chi connectivity index (χ2n) is 6.98. The second kappa shape index (κ2) is 6.84. The minimum atomic E-state index is 0. The molecule has 0 aromatic carbocycles. The second-order valence-corrected chi connectivity index (χ2v) is 6.98. The Balaban J connectivity index is 0.00000147. The largest absolute Gasteiger partial charge is 0.357 e. The first kappa shape index (κ1) is 16.4. The van der Waals surface area contributed by atoms with Crippen LogP contribution in [0.5, 0.6) is 0 Å². The topological polar surface area (TPSA) is 27.6 Å². The van der Waals surface area contributed by atoms with Crippen LogP contribution in [0.3, 0.4) is 0 Å². The molecule has 2 aliphatic carbocycles. The third kappa shape index (κ3) is 3.80. The van der Waals surface area contributed by atoms with E-state index in [1.807, 2.05) is 0 Å². The number of guanidine groups is 1. The lowest BCUT2D eigenvalue weighted by Gasteiger charge is -2.33. The first-order valence-corrected chi connectivity index (χ1v) is 8.27. The molecule has 1 heterocycles. The molecule has 1 aliphatic heterocycles. The highest BCUT2D eigenvalue weighted by atomic mass is 127. The smallest absolute Gasteiger partial charge is 0.193 e. The Morgan fingerprint density at radius 1 is 1.20 bits per heavy atom. The molecule has 1 N–H and O–H groups in total. The van der Waals surface area contributed by atoms with E-state index in [-0.39, 0.29) is 24.0 Å². The van der Waals surface area contributed by atoms with Crippen molar-refractivity contribution in [2.24, 2.45) is 22.2 Å². The van der Waals surface area contributed by atoms with Gasteiger partial charge in [-0.15, -0.1) is 24.0 Å². The Morgan fingerprint density at radius 3 is 2.35 bits per heavy atom. The van der Waals surface area contributed by atoms with Crippen LogP contribution < -0.4 is 5.32 Å². The van der Waals surface area contributed by atoms with E-state index in [9.17, 15) is 0 Å². The molecule has 20 heavy (non-hydrogen) atoms. The summed E-state index contributed by atoms with van der Waals surface area (Å²) in [5, 5.41) is 3.50. The Labute approximate surface area is 141 Å². The van der Waals surface area contributed by atoms with E-state index in [2.05, 4.69) is 24.1 Å². The molecule has 0 radical (unpaired) electrons. The number of rotatable bonds is 4. The van der Waals surface area contributed by atoms with Crippen LogP contribution in [0.15, 0.2) is 4.99 Å².